The fourth-order valence-corrected chi connectivity index (χ4v) is 5.56. The largest absolute Gasteiger partial charge is 0.495 e. The molecule has 0 saturated heterocycles. The summed E-state index contributed by atoms with van der Waals surface area (Å²) in [6, 6.07) is 16.0. The highest BCUT2D eigenvalue weighted by atomic mass is 32.2. The summed E-state index contributed by atoms with van der Waals surface area (Å²) in [5.74, 6) is -1.42. The molecule has 1 unspecified atom stereocenters. The summed E-state index contributed by atoms with van der Waals surface area (Å²) in [4.78, 5) is 28.1. The Morgan fingerprint density at radius 3 is 2.17 bits per heavy atom. The van der Waals surface area contributed by atoms with Crippen LogP contribution in [0.25, 0.3) is 0 Å². The van der Waals surface area contributed by atoms with Crippen LogP contribution in [0.1, 0.15) is 37.5 Å². The van der Waals surface area contributed by atoms with Crippen LogP contribution in [0.15, 0.2) is 71.6 Å². The van der Waals surface area contributed by atoms with Gasteiger partial charge in [0.25, 0.3) is 10.0 Å². The summed E-state index contributed by atoms with van der Waals surface area (Å²) in [7, 11) is -2.85. The number of amides is 2. The summed E-state index contributed by atoms with van der Waals surface area (Å²) in [6.07, 6.45) is 0. The van der Waals surface area contributed by atoms with E-state index in [4.69, 9.17) is 4.74 Å². The van der Waals surface area contributed by atoms with Gasteiger partial charge in [0.15, 0.2) is 0 Å². The molecule has 1 atom stereocenters. The molecule has 10 heteroatoms. The minimum Gasteiger partial charge on any atom is -0.495 e. The lowest BCUT2D eigenvalue weighted by molar-refractivity contribution is -0.139. The predicted octanol–water partition coefficient (Wildman–Crippen LogP) is 4.59. The number of carbonyl (C=O) groups is 2. The Morgan fingerprint density at radius 2 is 1.57 bits per heavy atom. The molecule has 0 aliphatic heterocycles. The molecule has 1 N–H and O–H groups in total. The Balaban J connectivity index is 2.12. The molecule has 3 rings (SSSR count). The van der Waals surface area contributed by atoms with Gasteiger partial charge in [0.2, 0.25) is 11.8 Å². The Hall–Kier alpha value is -3.92. The van der Waals surface area contributed by atoms with Gasteiger partial charge >= 0.3 is 0 Å². The third-order valence-electron chi connectivity index (χ3n) is 6.39. The zero-order valence-corrected chi connectivity index (χ0v) is 24.5. The lowest BCUT2D eigenvalue weighted by Gasteiger charge is -2.32. The lowest BCUT2D eigenvalue weighted by Crippen LogP contribution is -2.52. The zero-order valence-electron chi connectivity index (χ0n) is 23.6. The average Bonchev–Trinajstić information content (AvgIpc) is 2.90. The number of rotatable bonds is 11. The smallest absolute Gasteiger partial charge is 0.264 e. The predicted molar refractivity (Wildman–Crippen MR) is 153 cm³/mol. The van der Waals surface area contributed by atoms with Crippen molar-refractivity contribution in [1.29, 1.82) is 0 Å². The van der Waals surface area contributed by atoms with Crippen molar-refractivity contribution in [1.82, 2.24) is 10.2 Å². The first kappa shape index (κ1) is 30.6. The first-order valence-corrected chi connectivity index (χ1v) is 14.4. The van der Waals surface area contributed by atoms with Crippen LogP contribution in [0.5, 0.6) is 5.75 Å². The van der Waals surface area contributed by atoms with Crippen molar-refractivity contribution in [3.05, 3.63) is 89.2 Å². The number of benzene rings is 3. The Morgan fingerprint density at radius 1 is 0.950 bits per heavy atom. The molecular weight excluding hydrogens is 533 g/mol. The normalized spacial score (nSPS) is 12.1. The van der Waals surface area contributed by atoms with E-state index in [2.05, 4.69) is 5.32 Å². The molecule has 3 aromatic rings. The van der Waals surface area contributed by atoms with Gasteiger partial charge < -0.3 is 15.0 Å². The summed E-state index contributed by atoms with van der Waals surface area (Å²) in [5.41, 5.74) is 1.98. The number of aryl methyl sites for hydroxylation is 2. The number of ether oxygens (including phenoxy) is 1. The van der Waals surface area contributed by atoms with E-state index in [9.17, 15) is 22.4 Å². The maximum atomic E-state index is 14.6. The third kappa shape index (κ3) is 7.18. The molecule has 214 valence electrons. The first-order valence-electron chi connectivity index (χ1n) is 12.9. The minimum atomic E-state index is -4.26. The number of hydrogen-bond donors (Lipinski definition) is 1. The van der Waals surface area contributed by atoms with Crippen LogP contribution in [0, 0.1) is 19.7 Å². The van der Waals surface area contributed by atoms with Crippen LogP contribution in [-0.2, 0) is 26.2 Å². The van der Waals surface area contributed by atoms with Crippen LogP contribution in [-0.4, -0.2) is 50.9 Å². The van der Waals surface area contributed by atoms with Crippen molar-refractivity contribution < 1.29 is 27.1 Å². The van der Waals surface area contributed by atoms with E-state index in [1.165, 1.54) is 49.3 Å². The third-order valence-corrected chi connectivity index (χ3v) is 8.16. The highest BCUT2D eigenvalue weighted by Crippen LogP contribution is 2.34. The molecule has 0 fully saturated rings. The number of sulfonamides is 1. The topological polar surface area (TPSA) is 96.0 Å². The summed E-state index contributed by atoms with van der Waals surface area (Å²) in [6.45, 7) is 7.85. The van der Waals surface area contributed by atoms with Gasteiger partial charge in [0.05, 0.1) is 17.7 Å². The molecule has 0 aliphatic rings. The van der Waals surface area contributed by atoms with Gasteiger partial charge in [0.1, 0.15) is 24.2 Å². The van der Waals surface area contributed by atoms with Crippen molar-refractivity contribution >= 4 is 27.5 Å². The van der Waals surface area contributed by atoms with Gasteiger partial charge in [-0.25, -0.2) is 12.8 Å². The minimum absolute atomic E-state index is 0.0132. The van der Waals surface area contributed by atoms with Crippen molar-refractivity contribution in [2.45, 2.75) is 58.1 Å². The van der Waals surface area contributed by atoms with E-state index in [0.717, 1.165) is 15.4 Å². The van der Waals surface area contributed by atoms with E-state index >= 15 is 0 Å². The van der Waals surface area contributed by atoms with E-state index in [-0.39, 0.29) is 34.5 Å². The quantitative estimate of drug-likeness (QED) is 0.365. The molecule has 40 heavy (non-hydrogen) atoms. The highest BCUT2D eigenvalue weighted by Gasteiger charge is 2.34. The Bertz CT molecular complexity index is 1460. The second kappa shape index (κ2) is 13.0. The number of hydrogen-bond acceptors (Lipinski definition) is 5. The number of anilines is 1. The molecular formula is C30H36FN3O5S. The van der Waals surface area contributed by atoms with E-state index in [1.54, 1.807) is 57.2 Å². The van der Waals surface area contributed by atoms with Crippen molar-refractivity contribution in [3.63, 3.8) is 0 Å². The van der Waals surface area contributed by atoms with Crippen LogP contribution >= 0.6 is 0 Å². The monoisotopic (exact) mass is 569 g/mol. The van der Waals surface area contributed by atoms with Gasteiger partial charge in [-0.1, -0.05) is 42.0 Å². The second-order valence-corrected chi connectivity index (χ2v) is 11.8. The molecule has 0 spiro atoms. The Kier molecular flexibility index (Phi) is 9.92. The standard InChI is InChI=1S/C30H36FN3O5S/c1-20(2)32-30(36)23(5)33(18-24-9-7-8-10-26(24)31)29(35)19-34(27-17-22(4)13-16-28(27)39-6)40(37,38)25-14-11-21(3)12-15-25/h7-17,20,23H,18-19H2,1-6H3,(H,32,36). The number of carbonyl (C=O) groups excluding carboxylic acids is 2. The summed E-state index contributed by atoms with van der Waals surface area (Å²) >= 11 is 0. The Labute approximate surface area is 235 Å². The van der Waals surface area contributed by atoms with E-state index in [0.29, 0.717) is 0 Å². The molecule has 3 aromatic carbocycles. The molecule has 8 nitrogen and oxygen atoms in total. The maximum Gasteiger partial charge on any atom is 0.264 e. The fraction of sp³-hybridized carbons (Fsp3) is 0.333. The molecule has 0 aromatic heterocycles. The van der Waals surface area contributed by atoms with Gasteiger partial charge in [-0.15, -0.1) is 0 Å². The number of nitrogens with zero attached hydrogens (tertiary/aromatic N) is 2. The first-order chi connectivity index (χ1) is 18.8. The van der Waals surface area contributed by atoms with Gasteiger partial charge in [0, 0.05) is 18.2 Å². The van der Waals surface area contributed by atoms with Crippen molar-refractivity contribution in [2.24, 2.45) is 0 Å². The maximum absolute atomic E-state index is 14.6. The van der Waals surface area contributed by atoms with Crippen LogP contribution in [0.4, 0.5) is 10.1 Å². The number of methoxy groups -OCH3 is 1. The van der Waals surface area contributed by atoms with Gasteiger partial charge in [-0.05, 0) is 70.5 Å². The van der Waals surface area contributed by atoms with Gasteiger partial charge in [-0.3, -0.25) is 13.9 Å². The van der Waals surface area contributed by atoms with E-state index < -0.39 is 40.2 Å². The van der Waals surface area contributed by atoms with Gasteiger partial charge in [-0.2, -0.15) is 0 Å². The summed E-state index contributed by atoms with van der Waals surface area (Å²) < 4.78 is 49.1. The molecule has 0 saturated carbocycles. The SMILES string of the molecule is COc1ccc(C)cc1N(CC(=O)N(Cc1ccccc1F)C(C)C(=O)NC(C)C)S(=O)(=O)c1ccc(C)cc1. The zero-order chi connectivity index (χ0) is 29.6. The number of halogens is 1. The van der Waals surface area contributed by atoms with E-state index in [1.807, 2.05) is 6.92 Å². The summed E-state index contributed by atoms with van der Waals surface area (Å²) in [5, 5.41) is 2.77. The lowest BCUT2D eigenvalue weighted by atomic mass is 10.1. The van der Waals surface area contributed by atoms with Crippen LogP contribution in [0.2, 0.25) is 0 Å². The average molecular weight is 570 g/mol. The fourth-order valence-electron chi connectivity index (χ4n) is 4.14. The van der Waals surface area contributed by atoms with Crippen LogP contribution < -0.4 is 14.4 Å². The number of nitrogens with one attached hydrogen (secondary N) is 1. The van der Waals surface area contributed by atoms with Crippen molar-refractivity contribution in [2.75, 3.05) is 18.0 Å². The molecule has 0 heterocycles. The van der Waals surface area contributed by atoms with Crippen LogP contribution in [0.3, 0.4) is 0 Å². The molecule has 0 aliphatic carbocycles. The molecule has 0 bridgehead atoms. The molecule has 2 amide bonds. The second-order valence-electron chi connectivity index (χ2n) is 9.95. The van der Waals surface area contributed by atoms with Crippen molar-refractivity contribution in [3.8, 4) is 5.75 Å². The molecule has 0 radical (unpaired) electrons. The highest BCUT2D eigenvalue weighted by molar-refractivity contribution is 7.92.